The van der Waals surface area contributed by atoms with Crippen molar-refractivity contribution < 1.29 is 24.6 Å². The number of oxime groups is 1. The number of ether oxygens (including phenoxy) is 1. The lowest BCUT2D eigenvalue weighted by Gasteiger charge is -2.12. The third-order valence-corrected chi connectivity index (χ3v) is 3.27. The standard InChI is InChI=1S/C19H25NO5/c1-4-6-8-10-25-19(23)18-14(12-16(21)13-17(18)22)11-15(20-24-3)9-7-5-2/h4,6-7,9,12-13,21-22H,5,8,10-11H2,1-3H3/b6-4+,9-7+,20-15-. The molecule has 1 aromatic rings. The van der Waals surface area contributed by atoms with E-state index in [0.717, 1.165) is 12.5 Å². The first kappa shape index (κ1) is 20.3. The minimum atomic E-state index is -0.645. The van der Waals surface area contributed by atoms with Crippen molar-refractivity contribution in [3.8, 4) is 11.5 Å². The molecule has 0 atom stereocenters. The van der Waals surface area contributed by atoms with Crippen LogP contribution in [-0.2, 0) is 16.0 Å². The molecule has 0 aliphatic heterocycles. The number of aromatic hydroxyl groups is 2. The van der Waals surface area contributed by atoms with Gasteiger partial charge in [-0.1, -0.05) is 30.3 Å². The lowest BCUT2D eigenvalue weighted by atomic mass is 10.00. The fourth-order valence-electron chi connectivity index (χ4n) is 2.19. The number of carbonyl (C=O) groups excluding carboxylic acids is 1. The number of allylic oxidation sites excluding steroid dienone is 3. The summed E-state index contributed by atoms with van der Waals surface area (Å²) in [6.07, 6.45) is 9.02. The van der Waals surface area contributed by atoms with E-state index in [1.54, 1.807) is 6.08 Å². The van der Waals surface area contributed by atoms with Crippen molar-refractivity contribution in [3.63, 3.8) is 0 Å². The van der Waals surface area contributed by atoms with Gasteiger partial charge < -0.3 is 19.8 Å². The predicted molar refractivity (Wildman–Crippen MR) is 97.1 cm³/mol. The first-order chi connectivity index (χ1) is 12.0. The van der Waals surface area contributed by atoms with E-state index in [1.165, 1.54) is 13.2 Å². The number of benzene rings is 1. The Balaban J connectivity index is 3.10. The molecule has 0 bridgehead atoms. The Labute approximate surface area is 148 Å². The lowest BCUT2D eigenvalue weighted by molar-refractivity contribution is 0.0507. The number of hydrogen-bond donors (Lipinski definition) is 2. The molecule has 0 spiro atoms. The summed E-state index contributed by atoms with van der Waals surface area (Å²) in [5, 5.41) is 23.8. The van der Waals surface area contributed by atoms with Crippen LogP contribution in [0.1, 0.15) is 42.6 Å². The van der Waals surface area contributed by atoms with Gasteiger partial charge in [-0.2, -0.15) is 0 Å². The van der Waals surface area contributed by atoms with Gasteiger partial charge in [-0.3, -0.25) is 0 Å². The average Bonchev–Trinajstić information content (AvgIpc) is 2.56. The predicted octanol–water partition coefficient (Wildman–Crippen LogP) is 3.73. The summed E-state index contributed by atoms with van der Waals surface area (Å²) in [4.78, 5) is 17.2. The van der Waals surface area contributed by atoms with Gasteiger partial charge in [0.1, 0.15) is 24.2 Å². The molecule has 0 radical (unpaired) electrons. The number of carbonyl (C=O) groups is 1. The van der Waals surface area contributed by atoms with Gasteiger partial charge in [0.25, 0.3) is 0 Å². The number of esters is 1. The number of nitrogens with zero attached hydrogens (tertiary/aromatic N) is 1. The fraction of sp³-hybridized carbons (Fsp3) is 0.368. The van der Waals surface area contributed by atoms with Gasteiger partial charge in [-0.25, -0.2) is 4.79 Å². The second-order valence-electron chi connectivity index (χ2n) is 5.25. The Morgan fingerprint density at radius 2 is 2.04 bits per heavy atom. The van der Waals surface area contributed by atoms with Gasteiger partial charge in [0, 0.05) is 12.5 Å². The monoisotopic (exact) mass is 347 g/mol. The maximum absolute atomic E-state index is 12.3. The Bertz CT molecular complexity index is 662. The van der Waals surface area contributed by atoms with Crippen LogP contribution in [-0.4, -0.2) is 35.6 Å². The minimum absolute atomic E-state index is 0.0204. The van der Waals surface area contributed by atoms with Crippen molar-refractivity contribution >= 4 is 11.7 Å². The Hall–Kier alpha value is -2.76. The first-order valence-electron chi connectivity index (χ1n) is 8.13. The van der Waals surface area contributed by atoms with Crippen molar-refractivity contribution in [2.24, 2.45) is 5.16 Å². The van der Waals surface area contributed by atoms with Crippen LogP contribution < -0.4 is 0 Å². The summed E-state index contributed by atoms with van der Waals surface area (Å²) >= 11 is 0. The highest BCUT2D eigenvalue weighted by Gasteiger charge is 2.20. The van der Waals surface area contributed by atoms with Crippen LogP contribution in [0.25, 0.3) is 0 Å². The van der Waals surface area contributed by atoms with E-state index in [1.807, 2.05) is 32.1 Å². The largest absolute Gasteiger partial charge is 0.508 e. The molecular formula is C19H25NO5. The topological polar surface area (TPSA) is 88.4 Å². The zero-order valence-electron chi connectivity index (χ0n) is 14.9. The molecule has 1 aromatic carbocycles. The molecule has 136 valence electrons. The second kappa shape index (κ2) is 10.9. The van der Waals surface area contributed by atoms with E-state index >= 15 is 0 Å². The number of rotatable bonds is 9. The second-order valence-corrected chi connectivity index (χ2v) is 5.25. The van der Waals surface area contributed by atoms with Crippen LogP contribution in [0.5, 0.6) is 11.5 Å². The van der Waals surface area contributed by atoms with E-state index in [0.29, 0.717) is 17.7 Å². The fourth-order valence-corrected chi connectivity index (χ4v) is 2.19. The smallest absolute Gasteiger partial charge is 0.342 e. The first-order valence-corrected chi connectivity index (χ1v) is 8.13. The molecule has 0 heterocycles. The summed E-state index contributed by atoms with van der Waals surface area (Å²) in [6, 6.07) is 2.52. The molecular weight excluding hydrogens is 322 g/mol. The Kier molecular flexibility index (Phi) is 8.85. The zero-order chi connectivity index (χ0) is 18.7. The maximum atomic E-state index is 12.3. The van der Waals surface area contributed by atoms with Crippen molar-refractivity contribution in [2.45, 2.75) is 33.1 Å². The van der Waals surface area contributed by atoms with Crippen molar-refractivity contribution in [3.05, 3.63) is 47.6 Å². The summed E-state index contributed by atoms with van der Waals surface area (Å²) in [5.41, 5.74) is 0.981. The maximum Gasteiger partial charge on any atom is 0.342 e. The molecule has 0 unspecified atom stereocenters. The zero-order valence-corrected chi connectivity index (χ0v) is 14.9. The summed E-state index contributed by atoms with van der Waals surface area (Å²) in [5.74, 6) is -1.12. The molecule has 0 aliphatic carbocycles. The lowest BCUT2D eigenvalue weighted by Crippen LogP contribution is -2.12. The van der Waals surface area contributed by atoms with Crippen LogP contribution in [0.4, 0.5) is 0 Å². The van der Waals surface area contributed by atoms with Crippen LogP contribution in [0, 0.1) is 0 Å². The van der Waals surface area contributed by atoms with Crippen LogP contribution in [0.2, 0.25) is 0 Å². The molecule has 0 aliphatic rings. The van der Waals surface area contributed by atoms with Gasteiger partial charge in [0.2, 0.25) is 0 Å². The van der Waals surface area contributed by atoms with E-state index in [9.17, 15) is 15.0 Å². The molecule has 1 rings (SSSR count). The normalized spacial score (nSPS) is 12.0. The SMILES string of the molecule is C/C=C/CCOC(=O)c1c(O)cc(O)cc1CC(/C=C/CC)=N\OC. The van der Waals surface area contributed by atoms with Crippen LogP contribution in [0.15, 0.2) is 41.6 Å². The third-order valence-electron chi connectivity index (χ3n) is 3.27. The van der Waals surface area contributed by atoms with Gasteiger partial charge in [-0.15, -0.1) is 0 Å². The summed E-state index contributed by atoms with van der Waals surface area (Å²) in [7, 11) is 1.43. The highest BCUT2D eigenvalue weighted by atomic mass is 16.6. The summed E-state index contributed by atoms with van der Waals surface area (Å²) < 4.78 is 5.19. The molecule has 25 heavy (non-hydrogen) atoms. The van der Waals surface area contributed by atoms with Crippen molar-refractivity contribution in [2.75, 3.05) is 13.7 Å². The molecule has 0 fully saturated rings. The van der Waals surface area contributed by atoms with E-state index in [4.69, 9.17) is 9.57 Å². The molecule has 0 saturated carbocycles. The summed E-state index contributed by atoms with van der Waals surface area (Å²) in [6.45, 7) is 4.07. The Morgan fingerprint density at radius 1 is 1.28 bits per heavy atom. The Morgan fingerprint density at radius 3 is 2.68 bits per heavy atom. The van der Waals surface area contributed by atoms with E-state index in [-0.39, 0.29) is 30.1 Å². The molecule has 0 amide bonds. The molecule has 0 saturated heterocycles. The number of phenols is 2. The highest BCUT2D eigenvalue weighted by Crippen LogP contribution is 2.29. The van der Waals surface area contributed by atoms with Crippen LogP contribution >= 0.6 is 0 Å². The number of phenolic OH excluding ortho intramolecular Hbond substituents is 2. The quantitative estimate of drug-likeness (QED) is 0.234. The molecule has 0 aromatic heterocycles. The minimum Gasteiger partial charge on any atom is -0.508 e. The number of hydrogen-bond acceptors (Lipinski definition) is 6. The third kappa shape index (κ3) is 6.71. The molecule has 6 nitrogen and oxygen atoms in total. The van der Waals surface area contributed by atoms with Gasteiger partial charge in [0.15, 0.2) is 0 Å². The van der Waals surface area contributed by atoms with E-state index in [2.05, 4.69) is 5.16 Å². The average molecular weight is 347 g/mol. The van der Waals surface area contributed by atoms with Gasteiger partial charge in [0.05, 0.1) is 12.3 Å². The van der Waals surface area contributed by atoms with Crippen LogP contribution in [0.3, 0.4) is 0 Å². The van der Waals surface area contributed by atoms with Gasteiger partial charge in [-0.05, 0) is 37.5 Å². The van der Waals surface area contributed by atoms with E-state index < -0.39 is 5.97 Å². The van der Waals surface area contributed by atoms with Crippen molar-refractivity contribution in [1.82, 2.24) is 0 Å². The molecule has 6 heteroatoms. The van der Waals surface area contributed by atoms with Gasteiger partial charge >= 0.3 is 5.97 Å². The van der Waals surface area contributed by atoms with Crippen molar-refractivity contribution in [1.29, 1.82) is 0 Å². The highest BCUT2D eigenvalue weighted by molar-refractivity contribution is 6.00. The molecule has 2 N–H and O–H groups in total.